The SMILES string of the molecule is CCN(CC)C(=O)c1cc(N(C)CC(O)COC)ccn1. The highest BCUT2D eigenvalue weighted by Gasteiger charge is 2.16. The first-order valence-corrected chi connectivity index (χ1v) is 7.16. The van der Waals surface area contributed by atoms with Crippen molar-refractivity contribution >= 4 is 11.6 Å². The molecule has 6 nitrogen and oxygen atoms in total. The van der Waals surface area contributed by atoms with Gasteiger partial charge in [-0.1, -0.05) is 0 Å². The van der Waals surface area contributed by atoms with E-state index in [-0.39, 0.29) is 12.5 Å². The molecule has 1 N–H and O–H groups in total. The molecule has 1 aromatic heterocycles. The number of nitrogens with zero attached hydrogens (tertiary/aromatic N) is 3. The number of likely N-dealkylation sites (N-methyl/N-ethyl adjacent to an activating group) is 1. The summed E-state index contributed by atoms with van der Waals surface area (Å²) in [5, 5.41) is 9.77. The van der Waals surface area contributed by atoms with Gasteiger partial charge >= 0.3 is 0 Å². The molecule has 0 radical (unpaired) electrons. The van der Waals surface area contributed by atoms with E-state index in [0.717, 1.165) is 5.69 Å². The van der Waals surface area contributed by atoms with E-state index in [1.54, 1.807) is 24.3 Å². The van der Waals surface area contributed by atoms with Crippen LogP contribution in [0.4, 0.5) is 5.69 Å². The van der Waals surface area contributed by atoms with E-state index in [2.05, 4.69) is 4.98 Å². The lowest BCUT2D eigenvalue weighted by molar-refractivity contribution is 0.0695. The van der Waals surface area contributed by atoms with Crippen molar-refractivity contribution in [3.63, 3.8) is 0 Å². The van der Waals surface area contributed by atoms with Crippen LogP contribution in [-0.4, -0.2) is 67.4 Å². The highest BCUT2D eigenvalue weighted by Crippen LogP contribution is 2.14. The molecule has 0 bridgehead atoms. The summed E-state index contributed by atoms with van der Waals surface area (Å²) in [5.74, 6) is -0.0762. The zero-order valence-electron chi connectivity index (χ0n) is 13.2. The third-order valence-corrected chi connectivity index (χ3v) is 3.30. The van der Waals surface area contributed by atoms with E-state index in [0.29, 0.717) is 25.3 Å². The number of aromatic nitrogens is 1. The first kappa shape index (κ1) is 17.4. The zero-order chi connectivity index (χ0) is 15.8. The highest BCUT2D eigenvalue weighted by atomic mass is 16.5. The first-order chi connectivity index (χ1) is 10.0. The van der Waals surface area contributed by atoms with Crippen molar-refractivity contribution in [3.8, 4) is 0 Å². The summed E-state index contributed by atoms with van der Waals surface area (Å²) < 4.78 is 4.91. The van der Waals surface area contributed by atoms with Crippen molar-refractivity contribution in [2.45, 2.75) is 20.0 Å². The van der Waals surface area contributed by atoms with Crippen molar-refractivity contribution in [2.24, 2.45) is 0 Å². The van der Waals surface area contributed by atoms with Gasteiger partial charge in [-0.2, -0.15) is 0 Å². The molecule has 1 atom stereocenters. The predicted octanol–water partition coefficient (Wildman–Crippen LogP) is 1.01. The maximum atomic E-state index is 12.3. The lowest BCUT2D eigenvalue weighted by Crippen LogP contribution is -2.33. The quantitative estimate of drug-likeness (QED) is 0.775. The third kappa shape index (κ3) is 4.99. The zero-order valence-corrected chi connectivity index (χ0v) is 13.2. The molecule has 0 aliphatic rings. The monoisotopic (exact) mass is 295 g/mol. The average molecular weight is 295 g/mol. The van der Waals surface area contributed by atoms with Crippen molar-refractivity contribution in [1.29, 1.82) is 0 Å². The molecular formula is C15H25N3O3. The number of pyridine rings is 1. The number of rotatable bonds is 8. The second kappa shape index (κ2) is 8.59. The van der Waals surface area contributed by atoms with E-state index >= 15 is 0 Å². The number of aliphatic hydroxyl groups excluding tert-OH is 1. The van der Waals surface area contributed by atoms with Crippen LogP contribution in [-0.2, 0) is 4.74 Å². The van der Waals surface area contributed by atoms with Crippen LogP contribution in [0.25, 0.3) is 0 Å². The molecule has 1 aromatic rings. The van der Waals surface area contributed by atoms with Gasteiger partial charge in [-0.25, -0.2) is 0 Å². The average Bonchev–Trinajstić information content (AvgIpc) is 2.48. The largest absolute Gasteiger partial charge is 0.389 e. The Kier molecular flexibility index (Phi) is 7.11. The summed E-state index contributed by atoms with van der Waals surface area (Å²) in [7, 11) is 3.41. The third-order valence-electron chi connectivity index (χ3n) is 3.30. The van der Waals surface area contributed by atoms with E-state index in [9.17, 15) is 9.90 Å². The molecule has 1 amide bonds. The number of ether oxygens (including phenoxy) is 1. The van der Waals surface area contributed by atoms with Gasteiger partial charge in [-0.05, 0) is 26.0 Å². The molecule has 1 heterocycles. The molecule has 21 heavy (non-hydrogen) atoms. The van der Waals surface area contributed by atoms with Gasteiger partial charge in [-0.3, -0.25) is 9.78 Å². The Hall–Kier alpha value is -1.66. The number of aliphatic hydroxyl groups is 1. The van der Waals surface area contributed by atoms with Crippen LogP contribution in [0.2, 0.25) is 0 Å². The fourth-order valence-corrected chi connectivity index (χ4v) is 2.11. The van der Waals surface area contributed by atoms with E-state index in [1.807, 2.05) is 31.9 Å². The standard InChI is InChI=1S/C15H25N3O3/c1-5-18(6-2)15(20)14-9-12(7-8-16-14)17(3)10-13(19)11-21-4/h7-9,13,19H,5-6,10-11H2,1-4H3. The topological polar surface area (TPSA) is 65.9 Å². The summed E-state index contributed by atoms with van der Waals surface area (Å²) in [6.07, 6.45) is 1.04. The maximum absolute atomic E-state index is 12.3. The van der Waals surface area contributed by atoms with E-state index in [1.165, 1.54) is 0 Å². The Bertz CT molecular complexity index is 450. The van der Waals surface area contributed by atoms with Crippen LogP contribution in [0.1, 0.15) is 24.3 Å². The Morgan fingerprint density at radius 3 is 2.67 bits per heavy atom. The molecule has 6 heteroatoms. The predicted molar refractivity (Wildman–Crippen MR) is 82.6 cm³/mol. The molecular weight excluding hydrogens is 270 g/mol. The lowest BCUT2D eigenvalue weighted by Gasteiger charge is -2.23. The molecule has 0 saturated heterocycles. The lowest BCUT2D eigenvalue weighted by atomic mass is 10.2. The van der Waals surface area contributed by atoms with Crippen LogP contribution in [0.5, 0.6) is 0 Å². The van der Waals surface area contributed by atoms with Crippen molar-refractivity contribution in [2.75, 3.05) is 45.3 Å². The summed E-state index contributed by atoms with van der Waals surface area (Å²) in [6, 6.07) is 3.57. The Balaban J connectivity index is 2.82. The Morgan fingerprint density at radius 2 is 2.10 bits per heavy atom. The highest BCUT2D eigenvalue weighted by molar-refractivity contribution is 5.93. The fraction of sp³-hybridized carbons (Fsp3) is 0.600. The van der Waals surface area contributed by atoms with Crippen LogP contribution < -0.4 is 4.90 Å². The summed E-state index contributed by atoms with van der Waals surface area (Å²) in [4.78, 5) is 20.0. The van der Waals surface area contributed by atoms with Gasteiger partial charge in [0.1, 0.15) is 5.69 Å². The number of carbonyl (C=O) groups excluding carboxylic acids is 1. The first-order valence-electron chi connectivity index (χ1n) is 7.16. The van der Waals surface area contributed by atoms with Gasteiger partial charge < -0.3 is 19.6 Å². The van der Waals surface area contributed by atoms with Crippen LogP contribution in [0, 0.1) is 0 Å². The molecule has 118 valence electrons. The van der Waals surface area contributed by atoms with E-state index < -0.39 is 6.10 Å². The number of methoxy groups -OCH3 is 1. The van der Waals surface area contributed by atoms with Gasteiger partial charge in [0, 0.05) is 45.7 Å². The second-order valence-electron chi connectivity index (χ2n) is 4.87. The van der Waals surface area contributed by atoms with Crippen molar-refractivity contribution in [3.05, 3.63) is 24.0 Å². The van der Waals surface area contributed by atoms with Gasteiger partial charge in [0.2, 0.25) is 0 Å². The minimum absolute atomic E-state index is 0.0762. The normalized spacial score (nSPS) is 12.0. The number of hydrogen-bond acceptors (Lipinski definition) is 5. The molecule has 1 unspecified atom stereocenters. The second-order valence-corrected chi connectivity index (χ2v) is 4.87. The number of hydrogen-bond donors (Lipinski definition) is 1. The van der Waals surface area contributed by atoms with Gasteiger partial charge in [-0.15, -0.1) is 0 Å². The minimum atomic E-state index is -0.574. The smallest absolute Gasteiger partial charge is 0.272 e. The van der Waals surface area contributed by atoms with Gasteiger partial charge in [0.15, 0.2) is 0 Å². The van der Waals surface area contributed by atoms with Crippen LogP contribution in [0.3, 0.4) is 0 Å². The molecule has 0 aliphatic heterocycles. The van der Waals surface area contributed by atoms with E-state index in [4.69, 9.17) is 4.74 Å². The molecule has 0 fully saturated rings. The number of anilines is 1. The Morgan fingerprint density at radius 1 is 1.43 bits per heavy atom. The maximum Gasteiger partial charge on any atom is 0.272 e. The summed E-state index contributed by atoms with van der Waals surface area (Å²) >= 11 is 0. The number of carbonyl (C=O) groups is 1. The minimum Gasteiger partial charge on any atom is -0.389 e. The molecule has 1 rings (SSSR count). The molecule has 0 spiro atoms. The fourth-order valence-electron chi connectivity index (χ4n) is 2.11. The van der Waals surface area contributed by atoms with Gasteiger partial charge in [0.05, 0.1) is 12.7 Å². The van der Waals surface area contributed by atoms with Gasteiger partial charge in [0.25, 0.3) is 5.91 Å². The van der Waals surface area contributed by atoms with Crippen LogP contribution in [0.15, 0.2) is 18.3 Å². The van der Waals surface area contributed by atoms with Crippen molar-refractivity contribution in [1.82, 2.24) is 9.88 Å². The van der Waals surface area contributed by atoms with Crippen molar-refractivity contribution < 1.29 is 14.6 Å². The number of amides is 1. The molecule has 0 aliphatic carbocycles. The Labute approximate surface area is 126 Å². The summed E-state index contributed by atoms with van der Waals surface area (Å²) in [6.45, 7) is 5.90. The molecule has 0 saturated carbocycles. The summed E-state index contributed by atoms with van der Waals surface area (Å²) in [5.41, 5.74) is 1.26. The van der Waals surface area contributed by atoms with Crippen LogP contribution >= 0.6 is 0 Å². The molecule has 0 aromatic carbocycles.